The molecule has 2 aliphatic carbocycles. The van der Waals surface area contributed by atoms with Crippen molar-refractivity contribution in [2.45, 2.75) is 157 Å². The third-order valence-electron chi connectivity index (χ3n) is 10.9. The van der Waals surface area contributed by atoms with Crippen molar-refractivity contribution in [1.82, 2.24) is 10.6 Å². The van der Waals surface area contributed by atoms with Crippen LogP contribution in [0.3, 0.4) is 0 Å². The van der Waals surface area contributed by atoms with Crippen LogP contribution in [0.5, 0.6) is 0 Å². The Morgan fingerprint density at radius 1 is 0.583 bits per heavy atom. The molecule has 342 valence electrons. The predicted octanol–water partition coefficient (Wildman–Crippen LogP) is 7.68. The Morgan fingerprint density at radius 2 is 1.03 bits per heavy atom. The average molecular weight is 851 g/mol. The molecule has 2 saturated carbocycles. The summed E-state index contributed by atoms with van der Waals surface area (Å²) in [5, 5.41) is 6.00. The second-order valence-electron chi connectivity index (χ2n) is 18.8. The second kappa shape index (κ2) is 25.6. The lowest BCUT2D eigenvalue weighted by Gasteiger charge is -2.46. The molecule has 5 unspecified atom stereocenters. The number of hydrogen-bond acceptors (Lipinski definition) is 13. The van der Waals surface area contributed by atoms with E-state index < -0.39 is 30.2 Å². The highest BCUT2D eigenvalue weighted by atomic mass is 16.6. The molecular formula is C45H74N2O13. The SMILES string of the molecule is C=CC(=O)OCCCCOCCOC(=O)CCC1(C)CC(NC(=O)OCC(C)OC(=O)CCC2(C)CC(NC(=O)OCCCCOC(=O)C=C)CC(C)(C)C2)CC(C)(C)C1. The van der Waals surface area contributed by atoms with E-state index in [9.17, 15) is 28.8 Å². The average Bonchev–Trinajstić information content (AvgIpc) is 3.14. The molecule has 2 amide bonds. The van der Waals surface area contributed by atoms with Crippen molar-refractivity contribution in [1.29, 1.82) is 0 Å². The monoisotopic (exact) mass is 851 g/mol. The van der Waals surface area contributed by atoms with Gasteiger partial charge in [0.05, 0.1) is 26.4 Å². The normalized spacial score (nSPS) is 23.4. The molecule has 5 atom stereocenters. The van der Waals surface area contributed by atoms with E-state index in [-0.39, 0.29) is 91.6 Å². The summed E-state index contributed by atoms with van der Waals surface area (Å²) in [6, 6.07) is -0.275. The molecule has 0 aromatic rings. The molecule has 15 nitrogen and oxygen atoms in total. The van der Waals surface area contributed by atoms with Gasteiger partial charge in [-0.1, -0.05) is 54.7 Å². The number of hydrogen-bond donors (Lipinski definition) is 2. The smallest absolute Gasteiger partial charge is 0.407 e. The molecule has 0 aromatic carbocycles. The zero-order valence-corrected chi connectivity index (χ0v) is 37.5. The molecule has 2 fully saturated rings. The van der Waals surface area contributed by atoms with Crippen molar-refractivity contribution >= 4 is 36.1 Å². The number of carbonyl (C=O) groups is 6. The number of carbonyl (C=O) groups excluding carboxylic acids is 6. The van der Waals surface area contributed by atoms with E-state index in [1.54, 1.807) is 6.92 Å². The minimum atomic E-state index is -0.643. The van der Waals surface area contributed by atoms with Crippen LogP contribution in [0.15, 0.2) is 25.3 Å². The summed E-state index contributed by atoms with van der Waals surface area (Å²) in [7, 11) is 0. The maximum absolute atomic E-state index is 12.9. The molecule has 0 aliphatic heterocycles. The minimum Gasteiger partial charge on any atom is -0.463 e. The molecule has 2 N–H and O–H groups in total. The largest absolute Gasteiger partial charge is 0.463 e. The van der Waals surface area contributed by atoms with Crippen molar-refractivity contribution in [3.8, 4) is 0 Å². The van der Waals surface area contributed by atoms with Crippen LogP contribution in [0.2, 0.25) is 0 Å². The fourth-order valence-electron chi connectivity index (χ4n) is 9.11. The number of amides is 2. The number of nitrogens with one attached hydrogen (secondary N) is 2. The van der Waals surface area contributed by atoms with Crippen molar-refractivity contribution in [2.24, 2.45) is 21.7 Å². The van der Waals surface area contributed by atoms with Crippen LogP contribution in [0.4, 0.5) is 9.59 Å². The number of ether oxygens (including phenoxy) is 7. The molecule has 0 saturated heterocycles. The first kappa shape index (κ1) is 52.0. The van der Waals surface area contributed by atoms with Crippen LogP contribution in [0.25, 0.3) is 0 Å². The van der Waals surface area contributed by atoms with E-state index in [2.05, 4.69) is 65.3 Å². The first-order chi connectivity index (χ1) is 28.2. The van der Waals surface area contributed by atoms with Crippen LogP contribution >= 0.6 is 0 Å². The molecule has 2 rings (SSSR count). The second-order valence-corrected chi connectivity index (χ2v) is 18.8. The first-order valence-electron chi connectivity index (χ1n) is 21.5. The molecule has 60 heavy (non-hydrogen) atoms. The van der Waals surface area contributed by atoms with Gasteiger partial charge in [-0.05, 0) is 106 Å². The summed E-state index contributed by atoms with van der Waals surface area (Å²) in [6.07, 6.45) is 9.31. The van der Waals surface area contributed by atoms with Crippen LogP contribution < -0.4 is 10.6 Å². The Bertz CT molecular complexity index is 1430. The van der Waals surface area contributed by atoms with E-state index in [0.29, 0.717) is 64.6 Å². The van der Waals surface area contributed by atoms with Gasteiger partial charge in [0.15, 0.2) is 0 Å². The third kappa shape index (κ3) is 22.5. The van der Waals surface area contributed by atoms with Crippen molar-refractivity contribution < 1.29 is 61.9 Å². The molecule has 2 aliphatic rings. The highest BCUT2D eigenvalue weighted by molar-refractivity contribution is 5.81. The van der Waals surface area contributed by atoms with Crippen molar-refractivity contribution in [3.63, 3.8) is 0 Å². The lowest BCUT2D eigenvalue weighted by Crippen LogP contribution is -2.47. The van der Waals surface area contributed by atoms with Gasteiger partial charge in [0.25, 0.3) is 0 Å². The van der Waals surface area contributed by atoms with Gasteiger partial charge < -0.3 is 43.8 Å². The number of unbranched alkanes of at least 4 members (excludes halogenated alkanes) is 2. The summed E-state index contributed by atoms with van der Waals surface area (Å²) in [4.78, 5) is 73.1. The van der Waals surface area contributed by atoms with Crippen molar-refractivity contribution in [3.05, 3.63) is 25.3 Å². The summed E-state index contributed by atoms with van der Waals surface area (Å²) >= 11 is 0. The van der Waals surface area contributed by atoms with Crippen molar-refractivity contribution in [2.75, 3.05) is 46.2 Å². The molecule has 0 heterocycles. The van der Waals surface area contributed by atoms with E-state index in [0.717, 1.165) is 37.8 Å². The van der Waals surface area contributed by atoms with Crippen LogP contribution in [-0.2, 0) is 52.3 Å². The lowest BCUT2D eigenvalue weighted by molar-refractivity contribution is -0.151. The summed E-state index contributed by atoms with van der Waals surface area (Å²) < 4.78 is 37.2. The Hall–Kier alpha value is -4.14. The van der Waals surface area contributed by atoms with Gasteiger partial charge in [0.2, 0.25) is 0 Å². The Labute approximate surface area is 357 Å². The number of esters is 4. The van der Waals surface area contributed by atoms with E-state index >= 15 is 0 Å². The molecule has 0 spiro atoms. The number of alkyl carbamates (subject to hydrolysis) is 2. The quantitative estimate of drug-likeness (QED) is 0.0373. The van der Waals surface area contributed by atoms with E-state index in [1.807, 2.05) is 0 Å². The highest BCUT2D eigenvalue weighted by Gasteiger charge is 2.43. The predicted molar refractivity (Wildman–Crippen MR) is 225 cm³/mol. The fraction of sp³-hybridized carbons (Fsp3) is 0.778. The zero-order chi connectivity index (χ0) is 44.8. The van der Waals surface area contributed by atoms with Gasteiger partial charge in [-0.25, -0.2) is 19.2 Å². The maximum Gasteiger partial charge on any atom is 0.407 e. The van der Waals surface area contributed by atoms with Gasteiger partial charge in [0, 0.05) is 43.7 Å². The van der Waals surface area contributed by atoms with Crippen LogP contribution in [0, 0.1) is 21.7 Å². The molecular weight excluding hydrogens is 776 g/mol. The maximum atomic E-state index is 12.9. The van der Waals surface area contributed by atoms with Gasteiger partial charge in [-0.15, -0.1) is 0 Å². The molecule has 0 radical (unpaired) electrons. The zero-order valence-electron chi connectivity index (χ0n) is 37.5. The third-order valence-corrected chi connectivity index (χ3v) is 10.9. The topological polar surface area (TPSA) is 191 Å². The van der Waals surface area contributed by atoms with Gasteiger partial charge in [-0.2, -0.15) is 0 Å². The summed E-state index contributed by atoms with van der Waals surface area (Å²) in [5.41, 5.74) is -0.579. The number of rotatable bonds is 26. The van der Waals surface area contributed by atoms with Gasteiger partial charge in [-0.3, -0.25) is 9.59 Å². The summed E-state index contributed by atoms with van der Waals surface area (Å²) in [5.74, 6) is -1.60. The van der Waals surface area contributed by atoms with E-state index in [4.69, 9.17) is 33.2 Å². The summed E-state index contributed by atoms with van der Waals surface area (Å²) in [6.45, 7) is 22.9. The Morgan fingerprint density at radius 3 is 1.53 bits per heavy atom. The fourth-order valence-corrected chi connectivity index (χ4v) is 9.11. The molecule has 0 aromatic heterocycles. The molecule has 15 heteroatoms. The minimum absolute atomic E-state index is 0.0698. The van der Waals surface area contributed by atoms with Crippen LogP contribution in [-0.4, -0.2) is 100 Å². The van der Waals surface area contributed by atoms with Gasteiger partial charge >= 0.3 is 36.1 Å². The van der Waals surface area contributed by atoms with Crippen LogP contribution in [0.1, 0.15) is 138 Å². The Kier molecular flexibility index (Phi) is 22.2. The van der Waals surface area contributed by atoms with E-state index in [1.165, 1.54) is 0 Å². The Balaban J connectivity index is 1.70. The standard InChI is InChI=1S/C45H74N2O13/c1-10-36(48)55-21-13-12-20-54-24-25-57-38(50)16-18-44(8)29-35(27-43(6,7)31-44)47-41(53)59-30-33(3)60-39(51)17-19-45(9)28-34(26-42(4,5)32-45)46-40(52)58-23-15-14-22-56-37(49)11-2/h10-11,33-35H,1-2,12-32H2,3-9H3,(H,46,52)(H,47,53). The molecule has 0 bridgehead atoms. The first-order valence-corrected chi connectivity index (χ1v) is 21.5. The van der Waals surface area contributed by atoms with Gasteiger partial charge in [0.1, 0.15) is 19.3 Å². The highest BCUT2D eigenvalue weighted by Crippen LogP contribution is 2.49. The lowest BCUT2D eigenvalue weighted by atomic mass is 9.61.